The van der Waals surface area contributed by atoms with Crippen LogP contribution in [0.2, 0.25) is 0 Å². The molecule has 0 aliphatic heterocycles. The fourth-order valence-electron chi connectivity index (χ4n) is 1.21. The van der Waals surface area contributed by atoms with Crippen LogP contribution in [0.4, 0.5) is 8.78 Å². The minimum Gasteiger partial charge on any atom is -0.479 e. The molecular formula is C10H9F2NO3. The third-order valence-corrected chi connectivity index (χ3v) is 2.00. The molecular weight excluding hydrogens is 220 g/mol. The van der Waals surface area contributed by atoms with Gasteiger partial charge in [0.2, 0.25) is 6.41 Å². The number of nitrogens with one attached hydrogen (secondary N) is 1. The molecule has 1 atom stereocenters. The molecule has 0 saturated carbocycles. The summed E-state index contributed by atoms with van der Waals surface area (Å²) in [6.07, 6.45) is -2.35. The summed E-state index contributed by atoms with van der Waals surface area (Å²) in [5.74, 6) is -1.25. The van der Waals surface area contributed by atoms with E-state index in [1.165, 1.54) is 12.1 Å². The van der Waals surface area contributed by atoms with Gasteiger partial charge in [-0.15, -0.1) is 0 Å². The average molecular weight is 229 g/mol. The maximum atomic E-state index is 12.2. The van der Waals surface area contributed by atoms with Crippen molar-refractivity contribution in [3.63, 3.8) is 0 Å². The van der Waals surface area contributed by atoms with E-state index in [0.29, 0.717) is 0 Å². The molecule has 0 bridgehead atoms. The van der Waals surface area contributed by atoms with Crippen LogP contribution in [0.15, 0.2) is 24.3 Å². The predicted molar refractivity (Wildman–Crippen MR) is 51.0 cm³/mol. The molecule has 0 heterocycles. The van der Waals surface area contributed by atoms with Gasteiger partial charge < -0.3 is 10.4 Å². The van der Waals surface area contributed by atoms with Crippen molar-refractivity contribution in [1.29, 1.82) is 0 Å². The van der Waals surface area contributed by atoms with E-state index in [2.05, 4.69) is 5.32 Å². The van der Waals surface area contributed by atoms with E-state index in [4.69, 9.17) is 5.11 Å². The van der Waals surface area contributed by atoms with Gasteiger partial charge in [0.05, 0.1) is 0 Å². The maximum Gasteiger partial charge on any atom is 0.330 e. The summed E-state index contributed by atoms with van der Waals surface area (Å²) >= 11 is 0. The number of benzene rings is 1. The summed E-state index contributed by atoms with van der Waals surface area (Å²) < 4.78 is 24.4. The molecule has 0 aliphatic rings. The smallest absolute Gasteiger partial charge is 0.330 e. The fraction of sp³-hybridized carbons (Fsp3) is 0.200. The van der Waals surface area contributed by atoms with Crippen molar-refractivity contribution in [2.24, 2.45) is 0 Å². The van der Waals surface area contributed by atoms with E-state index in [0.717, 1.165) is 12.1 Å². The van der Waals surface area contributed by atoms with Gasteiger partial charge >= 0.3 is 5.97 Å². The molecule has 0 saturated heterocycles. The van der Waals surface area contributed by atoms with Gasteiger partial charge in [-0.25, -0.2) is 13.6 Å². The number of hydrogen-bond donors (Lipinski definition) is 2. The van der Waals surface area contributed by atoms with Crippen molar-refractivity contribution in [2.45, 2.75) is 12.5 Å². The molecule has 4 nitrogen and oxygen atoms in total. The van der Waals surface area contributed by atoms with Crippen LogP contribution in [0.1, 0.15) is 23.6 Å². The van der Waals surface area contributed by atoms with Crippen molar-refractivity contribution in [1.82, 2.24) is 5.32 Å². The van der Waals surface area contributed by atoms with Gasteiger partial charge in [-0.05, 0) is 5.56 Å². The minimum absolute atomic E-state index is 0.195. The number of carboxylic acids is 1. The zero-order valence-electron chi connectivity index (χ0n) is 8.06. The molecule has 0 aliphatic carbocycles. The quantitative estimate of drug-likeness (QED) is 0.752. The lowest BCUT2D eigenvalue weighted by Crippen LogP contribution is -2.27. The van der Waals surface area contributed by atoms with Gasteiger partial charge in [0.1, 0.15) is 0 Å². The van der Waals surface area contributed by atoms with Crippen molar-refractivity contribution >= 4 is 12.4 Å². The Labute approximate surface area is 89.9 Å². The Morgan fingerprint density at radius 3 is 2.12 bits per heavy atom. The highest BCUT2D eigenvalue weighted by atomic mass is 19.3. The van der Waals surface area contributed by atoms with Crippen LogP contribution in [0.5, 0.6) is 0 Å². The third kappa shape index (κ3) is 2.75. The summed E-state index contributed by atoms with van der Waals surface area (Å²) in [4.78, 5) is 20.9. The van der Waals surface area contributed by atoms with E-state index in [1.54, 1.807) is 0 Å². The molecule has 1 aromatic carbocycles. The second-order valence-corrected chi connectivity index (χ2v) is 3.02. The number of carbonyl (C=O) groups is 2. The Morgan fingerprint density at radius 2 is 1.75 bits per heavy atom. The van der Waals surface area contributed by atoms with Crippen molar-refractivity contribution in [3.8, 4) is 0 Å². The monoisotopic (exact) mass is 229 g/mol. The highest BCUT2D eigenvalue weighted by molar-refractivity contribution is 5.78. The molecule has 2 N–H and O–H groups in total. The molecule has 0 spiro atoms. The first kappa shape index (κ1) is 12.1. The Kier molecular flexibility index (Phi) is 3.93. The number of halogens is 2. The van der Waals surface area contributed by atoms with Crippen LogP contribution < -0.4 is 5.32 Å². The molecule has 0 radical (unpaired) electrons. The first-order valence-electron chi connectivity index (χ1n) is 4.36. The van der Waals surface area contributed by atoms with E-state index < -0.39 is 18.4 Å². The molecule has 1 amide bonds. The first-order valence-corrected chi connectivity index (χ1v) is 4.36. The first-order chi connectivity index (χ1) is 7.56. The van der Waals surface area contributed by atoms with Crippen LogP contribution in [0.3, 0.4) is 0 Å². The zero-order chi connectivity index (χ0) is 12.1. The van der Waals surface area contributed by atoms with E-state index in [9.17, 15) is 18.4 Å². The fourth-order valence-corrected chi connectivity index (χ4v) is 1.21. The zero-order valence-corrected chi connectivity index (χ0v) is 8.06. The number of carboxylic acid groups (broad SMARTS) is 1. The van der Waals surface area contributed by atoms with E-state index >= 15 is 0 Å². The average Bonchev–Trinajstić information content (AvgIpc) is 2.25. The normalized spacial score (nSPS) is 12.2. The molecule has 6 heteroatoms. The number of rotatable bonds is 5. The van der Waals surface area contributed by atoms with Crippen LogP contribution in [0.25, 0.3) is 0 Å². The Balaban J connectivity index is 2.93. The van der Waals surface area contributed by atoms with Gasteiger partial charge in [-0.3, -0.25) is 4.79 Å². The molecule has 0 aromatic heterocycles. The van der Waals surface area contributed by atoms with Crippen LogP contribution in [-0.2, 0) is 9.59 Å². The Morgan fingerprint density at radius 1 is 1.25 bits per heavy atom. The maximum absolute atomic E-state index is 12.2. The van der Waals surface area contributed by atoms with Gasteiger partial charge in [0.15, 0.2) is 6.04 Å². The molecule has 1 unspecified atom stereocenters. The molecule has 1 aromatic rings. The largest absolute Gasteiger partial charge is 0.479 e. The highest BCUT2D eigenvalue weighted by Gasteiger charge is 2.19. The molecule has 1 rings (SSSR count). The summed E-state index contributed by atoms with van der Waals surface area (Å²) in [6, 6.07) is 3.53. The minimum atomic E-state index is -2.60. The van der Waals surface area contributed by atoms with Gasteiger partial charge in [0.25, 0.3) is 6.43 Å². The molecule has 86 valence electrons. The third-order valence-electron chi connectivity index (χ3n) is 2.00. The topological polar surface area (TPSA) is 66.4 Å². The van der Waals surface area contributed by atoms with Crippen molar-refractivity contribution in [2.75, 3.05) is 0 Å². The van der Waals surface area contributed by atoms with Crippen LogP contribution >= 0.6 is 0 Å². The second kappa shape index (κ2) is 5.20. The second-order valence-electron chi connectivity index (χ2n) is 3.02. The van der Waals surface area contributed by atoms with Crippen LogP contribution in [-0.4, -0.2) is 17.5 Å². The van der Waals surface area contributed by atoms with E-state index in [-0.39, 0.29) is 17.5 Å². The lowest BCUT2D eigenvalue weighted by atomic mass is 10.1. The number of hydrogen-bond acceptors (Lipinski definition) is 2. The molecule has 16 heavy (non-hydrogen) atoms. The number of carbonyl (C=O) groups excluding carboxylic acids is 1. The summed E-state index contributed by atoms with van der Waals surface area (Å²) in [6.45, 7) is 0. The summed E-state index contributed by atoms with van der Waals surface area (Å²) in [5.41, 5.74) is 0.0444. The number of amides is 1. The van der Waals surface area contributed by atoms with E-state index in [1.807, 2.05) is 0 Å². The summed E-state index contributed by atoms with van der Waals surface area (Å²) in [7, 11) is 0. The van der Waals surface area contributed by atoms with Crippen molar-refractivity contribution < 1.29 is 23.5 Å². The van der Waals surface area contributed by atoms with Gasteiger partial charge in [-0.1, -0.05) is 24.3 Å². The highest BCUT2D eigenvalue weighted by Crippen LogP contribution is 2.21. The lowest BCUT2D eigenvalue weighted by molar-refractivity contribution is -0.140. The van der Waals surface area contributed by atoms with Gasteiger partial charge in [-0.2, -0.15) is 0 Å². The Bertz CT molecular complexity index is 378. The number of aliphatic carboxylic acids is 1. The van der Waals surface area contributed by atoms with Crippen LogP contribution in [0, 0.1) is 0 Å². The summed E-state index contributed by atoms with van der Waals surface area (Å²) in [5, 5.41) is 10.8. The SMILES string of the molecule is O=CNC(C(=O)O)c1ccc(C(F)F)cc1. The number of alkyl halides is 2. The Hall–Kier alpha value is -1.98. The van der Waals surface area contributed by atoms with Gasteiger partial charge in [0, 0.05) is 5.56 Å². The standard InChI is InChI=1S/C10H9F2NO3/c11-9(12)7-3-1-6(2-4-7)8(10(15)16)13-5-14/h1-5,8-9H,(H,13,14)(H,15,16). The predicted octanol–water partition coefficient (Wildman–Crippen LogP) is 1.50. The molecule has 0 fully saturated rings. The lowest BCUT2D eigenvalue weighted by Gasteiger charge is -2.11. The van der Waals surface area contributed by atoms with Crippen molar-refractivity contribution in [3.05, 3.63) is 35.4 Å².